The fourth-order valence-electron chi connectivity index (χ4n) is 1.78. The van der Waals surface area contributed by atoms with Crippen LogP contribution in [-0.2, 0) is 4.79 Å². The van der Waals surface area contributed by atoms with Gasteiger partial charge in [0.15, 0.2) is 6.10 Å². The second-order valence-corrected chi connectivity index (χ2v) is 4.69. The number of pyridine rings is 1. The number of amides is 1. The second kappa shape index (κ2) is 6.19. The molecular weight excluding hydrogens is 252 g/mol. The number of carbonyl (C=O) groups excluding carboxylic acids is 1. The Hall–Kier alpha value is -2.36. The molecule has 1 unspecified atom stereocenters. The van der Waals surface area contributed by atoms with Gasteiger partial charge in [-0.3, -0.25) is 9.78 Å². The number of aromatic nitrogens is 1. The molecule has 1 aromatic carbocycles. The lowest BCUT2D eigenvalue weighted by Crippen LogP contribution is -2.30. The Kier molecular flexibility index (Phi) is 4.35. The largest absolute Gasteiger partial charge is 0.481 e. The molecule has 20 heavy (non-hydrogen) atoms. The SMILES string of the molecule is Cc1cccc(OC(C)C(=O)Nc2cccnc2)c1C. The number of ether oxygens (including phenoxy) is 1. The summed E-state index contributed by atoms with van der Waals surface area (Å²) < 4.78 is 5.73. The quantitative estimate of drug-likeness (QED) is 0.928. The number of nitrogens with one attached hydrogen (secondary N) is 1. The number of aryl methyl sites for hydroxylation is 1. The number of nitrogens with zero attached hydrogens (tertiary/aromatic N) is 1. The highest BCUT2D eigenvalue weighted by molar-refractivity contribution is 5.93. The van der Waals surface area contributed by atoms with Crippen LogP contribution in [0.4, 0.5) is 5.69 Å². The van der Waals surface area contributed by atoms with Crippen LogP contribution in [0.15, 0.2) is 42.7 Å². The van der Waals surface area contributed by atoms with Crippen LogP contribution in [0.5, 0.6) is 5.75 Å². The Balaban J connectivity index is 2.03. The lowest BCUT2D eigenvalue weighted by atomic mass is 10.1. The van der Waals surface area contributed by atoms with E-state index in [1.54, 1.807) is 31.5 Å². The van der Waals surface area contributed by atoms with Gasteiger partial charge < -0.3 is 10.1 Å². The average Bonchev–Trinajstić information content (AvgIpc) is 2.45. The van der Waals surface area contributed by atoms with Gasteiger partial charge in [0, 0.05) is 6.20 Å². The van der Waals surface area contributed by atoms with E-state index in [1.807, 2.05) is 32.0 Å². The Morgan fingerprint density at radius 3 is 2.75 bits per heavy atom. The van der Waals surface area contributed by atoms with Gasteiger partial charge in [0.1, 0.15) is 5.75 Å². The molecule has 0 spiro atoms. The standard InChI is InChI=1S/C16H18N2O2/c1-11-6-4-8-15(12(11)2)20-13(3)16(19)18-14-7-5-9-17-10-14/h4-10,13H,1-3H3,(H,18,19). The van der Waals surface area contributed by atoms with Gasteiger partial charge in [0.25, 0.3) is 5.91 Å². The molecule has 4 heteroatoms. The lowest BCUT2D eigenvalue weighted by molar-refractivity contribution is -0.122. The summed E-state index contributed by atoms with van der Waals surface area (Å²) in [6.45, 7) is 5.73. The predicted molar refractivity (Wildman–Crippen MR) is 78.9 cm³/mol. The average molecular weight is 270 g/mol. The first-order valence-corrected chi connectivity index (χ1v) is 6.51. The summed E-state index contributed by atoms with van der Waals surface area (Å²) in [6.07, 6.45) is 2.68. The minimum atomic E-state index is -0.573. The molecule has 0 fully saturated rings. The molecule has 1 amide bonds. The molecule has 0 saturated heterocycles. The Bertz CT molecular complexity index is 597. The Morgan fingerprint density at radius 1 is 1.25 bits per heavy atom. The topological polar surface area (TPSA) is 51.2 Å². The summed E-state index contributed by atoms with van der Waals surface area (Å²) in [6, 6.07) is 9.36. The van der Waals surface area contributed by atoms with Crippen molar-refractivity contribution in [2.75, 3.05) is 5.32 Å². The van der Waals surface area contributed by atoms with Crippen LogP contribution in [0, 0.1) is 13.8 Å². The summed E-state index contributed by atoms with van der Waals surface area (Å²) in [4.78, 5) is 16.0. The van der Waals surface area contributed by atoms with Crippen LogP contribution in [0.3, 0.4) is 0 Å². The third kappa shape index (κ3) is 3.35. The monoisotopic (exact) mass is 270 g/mol. The van der Waals surface area contributed by atoms with Gasteiger partial charge in [-0.1, -0.05) is 12.1 Å². The van der Waals surface area contributed by atoms with Crippen LogP contribution < -0.4 is 10.1 Å². The lowest BCUT2D eigenvalue weighted by Gasteiger charge is -2.17. The van der Waals surface area contributed by atoms with Gasteiger partial charge in [-0.25, -0.2) is 0 Å². The van der Waals surface area contributed by atoms with Crippen molar-refractivity contribution in [3.05, 3.63) is 53.9 Å². The number of rotatable bonds is 4. The van der Waals surface area contributed by atoms with Crippen molar-refractivity contribution in [1.82, 2.24) is 4.98 Å². The van der Waals surface area contributed by atoms with Crippen molar-refractivity contribution in [3.63, 3.8) is 0 Å². The second-order valence-electron chi connectivity index (χ2n) is 4.69. The fraction of sp³-hybridized carbons (Fsp3) is 0.250. The van der Waals surface area contributed by atoms with Crippen LogP contribution in [0.25, 0.3) is 0 Å². The normalized spacial score (nSPS) is 11.8. The molecule has 2 rings (SSSR count). The summed E-state index contributed by atoms with van der Waals surface area (Å²) in [5.74, 6) is 0.540. The third-order valence-electron chi connectivity index (χ3n) is 3.16. The molecule has 0 bridgehead atoms. The van der Waals surface area contributed by atoms with E-state index in [0.29, 0.717) is 5.69 Å². The zero-order chi connectivity index (χ0) is 14.5. The number of hydrogen-bond donors (Lipinski definition) is 1. The van der Waals surface area contributed by atoms with Crippen molar-refractivity contribution >= 4 is 11.6 Å². The molecule has 1 heterocycles. The predicted octanol–water partition coefficient (Wildman–Crippen LogP) is 3.10. The van der Waals surface area contributed by atoms with E-state index in [2.05, 4.69) is 10.3 Å². The van der Waals surface area contributed by atoms with Crippen LogP contribution in [0.2, 0.25) is 0 Å². The molecule has 1 aromatic heterocycles. The number of benzene rings is 1. The maximum atomic E-state index is 12.0. The van der Waals surface area contributed by atoms with Crippen molar-refractivity contribution in [2.45, 2.75) is 26.9 Å². The van der Waals surface area contributed by atoms with E-state index < -0.39 is 6.10 Å². The molecule has 2 aromatic rings. The molecule has 0 aliphatic heterocycles. The maximum Gasteiger partial charge on any atom is 0.265 e. The number of carbonyl (C=O) groups is 1. The van der Waals surface area contributed by atoms with E-state index >= 15 is 0 Å². The van der Waals surface area contributed by atoms with E-state index in [-0.39, 0.29) is 5.91 Å². The van der Waals surface area contributed by atoms with Gasteiger partial charge in [-0.15, -0.1) is 0 Å². The van der Waals surface area contributed by atoms with Crippen molar-refractivity contribution in [1.29, 1.82) is 0 Å². The first-order valence-electron chi connectivity index (χ1n) is 6.51. The van der Waals surface area contributed by atoms with Crippen LogP contribution in [-0.4, -0.2) is 17.0 Å². The molecule has 104 valence electrons. The molecule has 4 nitrogen and oxygen atoms in total. The molecule has 1 atom stereocenters. The summed E-state index contributed by atoms with van der Waals surface area (Å²) in [7, 11) is 0. The molecule has 0 aliphatic rings. The fourth-order valence-corrected chi connectivity index (χ4v) is 1.78. The van der Waals surface area contributed by atoms with Gasteiger partial charge >= 0.3 is 0 Å². The highest BCUT2D eigenvalue weighted by Crippen LogP contribution is 2.22. The highest BCUT2D eigenvalue weighted by Gasteiger charge is 2.16. The van der Waals surface area contributed by atoms with Gasteiger partial charge in [-0.2, -0.15) is 0 Å². The summed E-state index contributed by atoms with van der Waals surface area (Å²) >= 11 is 0. The van der Waals surface area contributed by atoms with E-state index in [1.165, 1.54) is 0 Å². The smallest absolute Gasteiger partial charge is 0.265 e. The maximum absolute atomic E-state index is 12.0. The van der Waals surface area contributed by atoms with Gasteiger partial charge in [0.2, 0.25) is 0 Å². The summed E-state index contributed by atoms with van der Waals surface area (Å²) in [5, 5.41) is 2.77. The van der Waals surface area contributed by atoms with E-state index in [4.69, 9.17) is 4.74 Å². The zero-order valence-corrected chi connectivity index (χ0v) is 11.9. The Labute approximate surface area is 118 Å². The van der Waals surface area contributed by atoms with Crippen molar-refractivity contribution in [3.8, 4) is 5.75 Å². The van der Waals surface area contributed by atoms with Gasteiger partial charge in [-0.05, 0) is 50.1 Å². The molecule has 1 N–H and O–H groups in total. The minimum Gasteiger partial charge on any atom is -0.481 e. The van der Waals surface area contributed by atoms with Crippen LogP contribution in [0.1, 0.15) is 18.1 Å². The Morgan fingerprint density at radius 2 is 2.05 bits per heavy atom. The van der Waals surface area contributed by atoms with E-state index in [9.17, 15) is 4.79 Å². The van der Waals surface area contributed by atoms with Gasteiger partial charge in [0.05, 0.1) is 11.9 Å². The third-order valence-corrected chi connectivity index (χ3v) is 3.16. The number of anilines is 1. The minimum absolute atomic E-state index is 0.195. The number of hydrogen-bond acceptors (Lipinski definition) is 3. The summed E-state index contributed by atoms with van der Waals surface area (Å²) in [5.41, 5.74) is 2.85. The van der Waals surface area contributed by atoms with Crippen LogP contribution >= 0.6 is 0 Å². The molecule has 0 saturated carbocycles. The van der Waals surface area contributed by atoms with Crippen molar-refractivity contribution < 1.29 is 9.53 Å². The van der Waals surface area contributed by atoms with Crippen molar-refractivity contribution in [2.24, 2.45) is 0 Å². The first-order chi connectivity index (χ1) is 9.58. The van der Waals surface area contributed by atoms with E-state index in [0.717, 1.165) is 16.9 Å². The molecular formula is C16H18N2O2. The molecule has 0 radical (unpaired) electrons. The highest BCUT2D eigenvalue weighted by atomic mass is 16.5. The zero-order valence-electron chi connectivity index (χ0n) is 11.9. The first kappa shape index (κ1) is 14.1. The molecule has 0 aliphatic carbocycles.